The van der Waals surface area contributed by atoms with Crippen LogP contribution in [0.25, 0.3) is 0 Å². The summed E-state index contributed by atoms with van der Waals surface area (Å²) in [5.41, 5.74) is 0.871. The molecule has 0 radical (unpaired) electrons. The molecule has 2 aromatic heterocycles. The lowest BCUT2D eigenvalue weighted by Crippen LogP contribution is -2.55. The van der Waals surface area contributed by atoms with Gasteiger partial charge in [0.25, 0.3) is 0 Å². The van der Waals surface area contributed by atoms with Crippen molar-refractivity contribution in [3.8, 4) is 0 Å². The highest BCUT2D eigenvalue weighted by Gasteiger charge is 2.65. The summed E-state index contributed by atoms with van der Waals surface area (Å²) in [5.74, 6) is -2.96. The predicted octanol–water partition coefficient (Wildman–Crippen LogP) is 4.92. The third-order valence-corrected chi connectivity index (χ3v) is 8.04. The fourth-order valence-electron chi connectivity index (χ4n) is 5.24. The van der Waals surface area contributed by atoms with Crippen molar-refractivity contribution >= 4 is 29.0 Å². The zero-order valence-corrected chi connectivity index (χ0v) is 21.2. The molecule has 0 spiro atoms. The molecule has 1 saturated heterocycles. The van der Waals surface area contributed by atoms with Gasteiger partial charge >= 0.3 is 5.97 Å². The molecule has 184 valence electrons. The van der Waals surface area contributed by atoms with Gasteiger partial charge in [-0.25, -0.2) is 4.79 Å². The van der Waals surface area contributed by atoms with E-state index in [2.05, 4.69) is 0 Å². The average Bonchev–Trinajstić information content (AvgIpc) is 3.50. The maximum absolute atomic E-state index is 14.1. The van der Waals surface area contributed by atoms with E-state index in [1.54, 1.807) is 19.1 Å². The zero-order valence-electron chi connectivity index (χ0n) is 20.4. The van der Waals surface area contributed by atoms with Crippen LogP contribution < -0.4 is 0 Å². The van der Waals surface area contributed by atoms with E-state index in [4.69, 9.17) is 9.15 Å². The van der Waals surface area contributed by atoms with Gasteiger partial charge in [0.05, 0.1) is 12.0 Å². The molecule has 3 aromatic rings. The van der Waals surface area contributed by atoms with E-state index in [9.17, 15) is 19.5 Å². The van der Waals surface area contributed by atoms with Crippen molar-refractivity contribution in [2.45, 2.75) is 45.2 Å². The van der Waals surface area contributed by atoms with Crippen LogP contribution in [0.15, 0.2) is 52.3 Å². The number of aliphatic carboxylic acids is 1. The monoisotopic (exact) mass is 495 g/mol. The van der Waals surface area contributed by atoms with Crippen LogP contribution in [0.1, 0.15) is 56.8 Å². The van der Waals surface area contributed by atoms with E-state index >= 15 is 0 Å². The number of nitrogens with zero attached hydrogens (tertiary/aromatic N) is 1. The van der Waals surface area contributed by atoms with Crippen LogP contribution in [0.3, 0.4) is 0 Å². The number of carboxylic acid groups (broad SMARTS) is 1. The second-order valence-corrected chi connectivity index (χ2v) is 10.2. The lowest BCUT2D eigenvalue weighted by molar-refractivity contribution is -0.159. The lowest BCUT2D eigenvalue weighted by Gasteiger charge is -2.37. The summed E-state index contributed by atoms with van der Waals surface area (Å²) in [6.07, 6.45) is 0. The van der Waals surface area contributed by atoms with Crippen LogP contribution in [0.2, 0.25) is 0 Å². The molecule has 0 saturated carbocycles. The number of carboxylic acids is 1. The Morgan fingerprint density at radius 3 is 2.29 bits per heavy atom. The van der Waals surface area contributed by atoms with E-state index < -0.39 is 35.3 Å². The summed E-state index contributed by atoms with van der Waals surface area (Å²) in [4.78, 5) is 42.8. The Labute approximate surface area is 208 Å². The first-order chi connectivity index (χ1) is 16.6. The minimum atomic E-state index is -1.71. The fraction of sp³-hybridized carbons (Fsp3) is 0.370. The second-order valence-electron chi connectivity index (χ2n) is 9.25. The summed E-state index contributed by atoms with van der Waals surface area (Å²) in [7, 11) is 1.39. The molecule has 8 heteroatoms. The molecular weight excluding hydrogens is 466 g/mol. The van der Waals surface area contributed by atoms with E-state index in [0.717, 1.165) is 16.0 Å². The maximum atomic E-state index is 14.1. The number of ether oxygens (including phenoxy) is 1. The topological polar surface area (TPSA) is 97.0 Å². The van der Waals surface area contributed by atoms with Crippen molar-refractivity contribution in [1.82, 2.24) is 4.90 Å². The summed E-state index contributed by atoms with van der Waals surface area (Å²) in [6, 6.07) is 11.9. The molecule has 1 N–H and O–H groups in total. The number of methoxy groups -OCH3 is 1. The largest absolute Gasteiger partial charge is 0.479 e. The van der Waals surface area contributed by atoms with Gasteiger partial charge < -0.3 is 19.2 Å². The summed E-state index contributed by atoms with van der Waals surface area (Å²) < 4.78 is 10.8. The highest BCUT2D eigenvalue weighted by molar-refractivity contribution is 7.10. The third-order valence-electron chi connectivity index (χ3n) is 6.94. The summed E-state index contributed by atoms with van der Waals surface area (Å²) in [5, 5.41) is 12.5. The predicted molar refractivity (Wildman–Crippen MR) is 132 cm³/mol. The van der Waals surface area contributed by atoms with Crippen molar-refractivity contribution in [2.75, 3.05) is 13.7 Å². The number of ketones is 1. The molecule has 0 aliphatic carbocycles. The lowest BCUT2D eigenvalue weighted by atomic mass is 9.74. The van der Waals surface area contributed by atoms with Crippen LogP contribution >= 0.6 is 11.3 Å². The highest BCUT2D eigenvalue weighted by Crippen LogP contribution is 2.58. The van der Waals surface area contributed by atoms with E-state index in [1.807, 2.05) is 49.6 Å². The van der Waals surface area contributed by atoms with Gasteiger partial charge in [0, 0.05) is 17.9 Å². The molecule has 0 bridgehead atoms. The van der Waals surface area contributed by atoms with Gasteiger partial charge in [-0.15, -0.1) is 11.3 Å². The van der Waals surface area contributed by atoms with E-state index in [0.29, 0.717) is 11.3 Å². The van der Waals surface area contributed by atoms with Gasteiger partial charge in [0.1, 0.15) is 17.9 Å². The van der Waals surface area contributed by atoms with Crippen LogP contribution in [-0.2, 0) is 14.3 Å². The number of hydrogen-bond acceptors (Lipinski definition) is 6. The first-order valence-corrected chi connectivity index (χ1v) is 12.2. The van der Waals surface area contributed by atoms with Gasteiger partial charge in [-0.1, -0.05) is 29.8 Å². The second kappa shape index (κ2) is 9.43. The Hall–Kier alpha value is -3.23. The van der Waals surface area contributed by atoms with Crippen molar-refractivity contribution in [2.24, 2.45) is 5.92 Å². The first kappa shape index (κ1) is 24.9. The number of rotatable bonds is 7. The number of hydrogen-bond donors (Lipinski definition) is 1. The van der Waals surface area contributed by atoms with Gasteiger partial charge in [0.2, 0.25) is 11.7 Å². The molecule has 1 aromatic carbocycles. The number of thiophene rings is 1. The van der Waals surface area contributed by atoms with Crippen LogP contribution in [0.5, 0.6) is 0 Å². The molecule has 1 fully saturated rings. The zero-order chi connectivity index (χ0) is 25.5. The van der Waals surface area contributed by atoms with Crippen molar-refractivity contribution in [3.63, 3.8) is 0 Å². The number of benzene rings is 1. The van der Waals surface area contributed by atoms with Crippen LogP contribution in [0.4, 0.5) is 0 Å². The maximum Gasteiger partial charge on any atom is 0.330 e. The summed E-state index contributed by atoms with van der Waals surface area (Å²) >= 11 is 1.40. The van der Waals surface area contributed by atoms with Crippen LogP contribution in [0, 0.1) is 26.7 Å². The van der Waals surface area contributed by atoms with Crippen molar-refractivity contribution < 1.29 is 28.6 Å². The van der Waals surface area contributed by atoms with E-state index in [-0.39, 0.29) is 18.2 Å². The van der Waals surface area contributed by atoms with Gasteiger partial charge in [-0.2, -0.15) is 0 Å². The Bertz CT molecular complexity index is 1260. The molecule has 35 heavy (non-hydrogen) atoms. The number of carbonyl (C=O) groups is 3. The molecule has 4 atom stereocenters. The molecule has 1 aliphatic heterocycles. The molecule has 1 aliphatic rings. The average molecular weight is 496 g/mol. The minimum absolute atomic E-state index is 0.151. The molecule has 3 heterocycles. The molecule has 4 unspecified atom stereocenters. The fourth-order valence-corrected chi connectivity index (χ4v) is 6.44. The molecule has 4 rings (SSSR count). The number of carbonyl (C=O) groups excluding carboxylic acids is 2. The van der Waals surface area contributed by atoms with Crippen LogP contribution in [-0.4, -0.2) is 46.9 Å². The third kappa shape index (κ3) is 4.10. The standard InChI is InChI=1S/C27H29NO6S/c1-15-6-9-18(10-7-15)23-21(24(30)19-11-8-17(3)34-19)22(25-16(2)12-13-35-25)27(4,26(31)32)28(23)20(29)14-33-5/h6-13,21-23H,14H2,1-5H3,(H,31,32). The number of amides is 1. The summed E-state index contributed by atoms with van der Waals surface area (Å²) in [6.45, 7) is 6.82. The quantitative estimate of drug-likeness (QED) is 0.467. The van der Waals surface area contributed by atoms with Gasteiger partial charge in [-0.05, 0) is 62.4 Å². The Morgan fingerprint density at radius 1 is 1.09 bits per heavy atom. The first-order valence-electron chi connectivity index (χ1n) is 11.4. The van der Waals surface area contributed by atoms with Crippen molar-refractivity contribution in [1.29, 1.82) is 0 Å². The Morgan fingerprint density at radius 2 is 1.77 bits per heavy atom. The highest BCUT2D eigenvalue weighted by atomic mass is 32.1. The molecular formula is C27H29NO6S. The number of Topliss-reactive ketones (excluding diaryl/α,β-unsaturated/α-hetero) is 1. The minimum Gasteiger partial charge on any atom is -0.479 e. The number of aryl methyl sites for hydroxylation is 3. The smallest absolute Gasteiger partial charge is 0.330 e. The van der Waals surface area contributed by atoms with Crippen molar-refractivity contribution in [3.05, 3.63) is 80.9 Å². The van der Waals surface area contributed by atoms with Gasteiger partial charge in [0.15, 0.2) is 5.76 Å². The number of furan rings is 1. The van der Waals surface area contributed by atoms with E-state index in [1.165, 1.54) is 30.3 Å². The SMILES string of the molecule is COCC(=O)N1C(c2ccc(C)cc2)C(C(=O)c2ccc(C)o2)C(c2sccc2C)C1(C)C(=O)O. The normalized spacial score (nSPS) is 24.0. The van der Waals surface area contributed by atoms with Gasteiger partial charge in [-0.3, -0.25) is 9.59 Å². The number of likely N-dealkylation sites (tertiary alicyclic amines) is 1. The Kier molecular flexibility index (Phi) is 6.71. The molecule has 7 nitrogen and oxygen atoms in total. The Balaban J connectivity index is 2.04. The molecule has 1 amide bonds.